The van der Waals surface area contributed by atoms with Crippen LogP contribution >= 0.6 is 0 Å². The third kappa shape index (κ3) is 4.51. The van der Waals surface area contributed by atoms with Crippen LogP contribution in [0.15, 0.2) is 36.4 Å². The summed E-state index contributed by atoms with van der Waals surface area (Å²) >= 11 is 0. The molecule has 1 aliphatic heterocycles. The summed E-state index contributed by atoms with van der Waals surface area (Å²) in [6, 6.07) is 10.7. The number of rotatable bonds is 7. The molecule has 0 aromatic heterocycles. The van der Waals surface area contributed by atoms with Crippen LogP contribution in [0.5, 0.6) is 23.0 Å². The highest BCUT2D eigenvalue weighted by Crippen LogP contribution is 2.31. The molecule has 2 aromatic rings. The normalized spacial score (nSPS) is 13.0. The van der Waals surface area contributed by atoms with Crippen molar-refractivity contribution in [1.82, 2.24) is 5.32 Å². The minimum absolute atomic E-state index is 0.0242. The average Bonchev–Trinajstić information content (AvgIpc) is 2.61. The Hall–Kier alpha value is -2.54. The first kappa shape index (κ1) is 17.3. The second-order valence-corrected chi connectivity index (χ2v) is 5.45. The molecule has 1 N–H and O–H groups in total. The summed E-state index contributed by atoms with van der Waals surface area (Å²) in [6.07, 6.45) is 0. The van der Waals surface area contributed by atoms with Crippen molar-refractivity contribution in [3.05, 3.63) is 47.5 Å². The highest BCUT2D eigenvalue weighted by atomic mass is 19.3. The summed E-state index contributed by atoms with van der Waals surface area (Å²) in [5.41, 5.74) is 1.86. The van der Waals surface area contributed by atoms with Crippen LogP contribution in [0.25, 0.3) is 0 Å². The lowest BCUT2D eigenvalue weighted by molar-refractivity contribution is -0.0512. The van der Waals surface area contributed by atoms with Gasteiger partial charge in [0, 0.05) is 13.1 Å². The molecule has 0 fully saturated rings. The van der Waals surface area contributed by atoms with Crippen molar-refractivity contribution >= 4 is 0 Å². The maximum atomic E-state index is 12.5. The molecule has 0 saturated heterocycles. The fourth-order valence-corrected chi connectivity index (χ4v) is 2.57. The van der Waals surface area contributed by atoms with E-state index >= 15 is 0 Å². The highest BCUT2D eigenvalue weighted by molar-refractivity contribution is 5.44. The molecular weight excluding hydrogens is 332 g/mol. The van der Waals surface area contributed by atoms with E-state index < -0.39 is 6.61 Å². The maximum absolute atomic E-state index is 12.5. The fourth-order valence-electron chi connectivity index (χ4n) is 2.57. The number of methoxy groups -OCH3 is 1. The molecule has 5 nitrogen and oxygen atoms in total. The second kappa shape index (κ2) is 8.02. The van der Waals surface area contributed by atoms with Crippen LogP contribution in [0, 0.1) is 0 Å². The first-order valence-corrected chi connectivity index (χ1v) is 7.86. The van der Waals surface area contributed by atoms with Gasteiger partial charge in [-0.05, 0) is 35.4 Å². The third-order valence-corrected chi connectivity index (χ3v) is 3.71. The van der Waals surface area contributed by atoms with E-state index in [1.165, 1.54) is 7.11 Å². The molecule has 25 heavy (non-hydrogen) atoms. The summed E-state index contributed by atoms with van der Waals surface area (Å²) in [7, 11) is 1.41. The first-order chi connectivity index (χ1) is 12.2. The number of ether oxygens (including phenoxy) is 4. The average molecular weight is 351 g/mol. The van der Waals surface area contributed by atoms with Gasteiger partial charge in [0.05, 0.1) is 7.11 Å². The molecule has 1 aliphatic rings. The van der Waals surface area contributed by atoms with Gasteiger partial charge in [0.1, 0.15) is 13.2 Å². The number of fused-ring (bicyclic) bond motifs is 1. The monoisotopic (exact) mass is 351 g/mol. The van der Waals surface area contributed by atoms with Gasteiger partial charge in [0.2, 0.25) is 0 Å². The standard InChI is InChI=1S/C18H19F2NO4/c1-22-14-4-2-13(9-17(14)25-18(19)20)11-21-10-12-3-5-15-16(8-12)24-7-6-23-15/h2-5,8-9,18,21H,6-7,10-11H2,1H3. The molecule has 0 atom stereocenters. The van der Waals surface area contributed by atoms with Crippen LogP contribution in [0.2, 0.25) is 0 Å². The Morgan fingerprint density at radius 1 is 0.960 bits per heavy atom. The number of halogens is 2. The number of benzene rings is 2. The smallest absolute Gasteiger partial charge is 0.387 e. The quantitative estimate of drug-likeness (QED) is 0.829. The predicted octanol–water partition coefficient (Wildman–Crippen LogP) is 3.36. The molecule has 1 heterocycles. The van der Waals surface area contributed by atoms with E-state index in [-0.39, 0.29) is 11.5 Å². The van der Waals surface area contributed by atoms with Gasteiger partial charge in [-0.25, -0.2) is 0 Å². The molecule has 134 valence electrons. The molecule has 2 aromatic carbocycles. The van der Waals surface area contributed by atoms with Crippen molar-refractivity contribution in [1.29, 1.82) is 0 Å². The lowest BCUT2D eigenvalue weighted by Crippen LogP contribution is -2.16. The van der Waals surface area contributed by atoms with E-state index in [2.05, 4.69) is 10.1 Å². The minimum Gasteiger partial charge on any atom is -0.493 e. The Morgan fingerprint density at radius 3 is 2.36 bits per heavy atom. The number of hydrogen-bond donors (Lipinski definition) is 1. The zero-order chi connectivity index (χ0) is 17.6. The van der Waals surface area contributed by atoms with E-state index in [0.717, 1.165) is 22.6 Å². The molecule has 0 spiro atoms. The Morgan fingerprint density at radius 2 is 1.64 bits per heavy atom. The van der Waals surface area contributed by atoms with Crippen molar-refractivity contribution < 1.29 is 27.7 Å². The van der Waals surface area contributed by atoms with Gasteiger partial charge in [-0.2, -0.15) is 8.78 Å². The molecular formula is C18H19F2NO4. The van der Waals surface area contributed by atoms with Crippen molar-refractivity contribution in [2.24, 2.45) is 0 Å². The van der Waals surface area contributed by atoms with E-state index in [1.54, 1.807) is 18.2 Å². The van der Waals surface area contributed by atoms with Crippen LogP contribution in [0.3, 0.4) is 0 Å². The van der Waals surface area contributed by atoms with Gasteiger partial charge in [0.15, 0.2) is 23.0 Å². The summed E-state index contributed by atoms with van der Waals surface area (Å²) in [6.45, 7) is -0.686. The molecule has 7 heteroatoms. The number of nitrogens with one attached hydrogen (secondary N) is 1. The Kier molecular flexibility index (Phi) is 5.55. The summed E-state index contributed by atoms with van der Waals surface area (Å²) in [5, 5.41) is 3.26. The third-order valence-electron chi connectivity index (χ3n) is 3.71. The Bertz CT molecular complexity index is 724. The van der Waals surface area contributed by atoms with Gasteiger partial charge in [-0.15, -0.1) is 0 Å². The lowest BCUT2D eigenvalue weighted by Gasteiger charge is -2.19. The van der Waals surface area contributed by atoms with Crippen LogP contribution in [0.1, 0.15) is 11.1 Å². The molecule has 0 amide bonds. The molecule has 0 saturated carbocycles. The van der Waals surface area contributed by atoms with E-state index in [9.17, 15) is 8.78 Å². The maximum Gasteiger partial charge on any atom is 0.387 e. The van der Waals surface area contributed by atoms with Gasteiger partial charge in [-0.1, -0.05) is 12.1 Å². The lowest BCUT2D eigenvalue weighted by atomic mass is 10.1. The first-order valence-electron chi connectivity index (χ1n) is 7.86. The fraction of sp³-hybridized carbons (Fsp3) is 0.333. The summed E-state index contributed by atoms with van der Waals surface area (Å²) in [4.78, 5) is 0. The molecule has 0 aliphatic carbocycles. The highest BCUT2D eigenvalue weighted by Gasteiger charge is 2.13. The van der Waals surface area contributed by atoms with Crippen molar-refractivity contribution in [3.8, 4) is 23.0 Å². The van der Waals surface area contributed by atoms with E-state index in [4.69, 9.17) is 14.2 Å². The zero-order valence-electron chi connectivity index (χ0n) is 13.8. The minimum atomic E-state index is -2.89. The van der Waals surface area contributed by atoms with Gasteiger partial charge in [0.25, 0.3) is 0 Å². The van der Waals surface area contributed by atoms with Crippen molar-refractivity contribution in [3.63, 3.8) is 0 Å². The second-order valence-electron chi connectivity index (χ2n) is 5.45. The molecule has 0 unspecified atom stereocenters. The predicted molar refractivity (Wildman–Crippen MR) is 87.6 cm³/mol. The number of hydrogen-bond acceptors (Lipinski definition) is 5. The van der Waals surface area contributed by atoms with Gasteiger partial charge < -0.3 is 24.3 Å². The number of alkyl halides is 2. The topological polar surface area (TPSA) is 49.0 Å². The Labute approximate surface area is 144 Å². The van der Waals surface area contributed by atoms with E-state index in [1.807, 2.05) is 18.2 Å². The van der Waals surface area contributed by atoms with Crippen LogP contribution < -0.4 is 24.3 Å². The zero-order valence-corrected chi connectivity index (χ0v) is 13.8. The van der Waals surface area contributed by atoms with Gasteiger partial charge in [-0.3, -0.25) is 0 Å². The summed E-state index contributed by atoms with van der Waals surface area (Å²) < 4.78 is 45.5. The van der Waals surface area contributed by atoms with Crippen molar-refractivity contribution in [2.45, 2.75) is 19.7 Å². The molecule has 0 radical (unpaired) electrons. The van der Waals surface area contributed by atoms with Crippen LogP contribution in [-0.2, 0) is 13.1 Å². The summed E-state index contributed by atoms with van der Waals surface area (Å²) in [5.74, 6) is 1.79. The SMILES string of the molecule is COc1ccc(CNCc2ccc3c(c2)OCCO3)cc1OC(F)F. The van der Waals surface area contributed by atoms with E-state index in [0.29, 0.717) is 26.3 Å². The molecule has 3 rings (SSSR count). The van der Waals surface area contributed by atoms with Crippen molar-refractivity contribution in [2.75, 3.05) is 20.3 Å². The van der Waals surface area contributed by atoms with Crippen LogP contribution in [-0.4, -0.2) is 26.9 Å². The van der Waals surface area contributed by atoms with Gasteiger partial charge >= 0.3 is 6.61 Å². The van der Waals surface area contributed by atoms with Crippen LogP contribution in [0.4, 0.5) is 8.78 Å². The largest absolute Gasteiger partial charge is 0.493 e. The molecule has 0 bridgehead atoms. The Balaban J connectivity index is 1.60.